The summed E-state index contributed by atoms with van der Waals surface area (Å²) in [6.07, 6.45) is 13.8. The topological polar surface area (TPSA) is 20.2 Å². The summed E-state index contributed by atoms with van der Waals surface area (Å²) in [5.41, 5.74) is 0. The number of halogens is 1. The van der Waals surface area contributed by atoms with Crippen LogP contribution in [0.5, 0.6) is 0 Å². The maximum Gasteiger partial charge on any atom is 0.179 e. The zero-order valence-corrected chi connectivity index (χ0v) is 13.5. The number of rotatable bonds is 12. The third kappa shape index (κ3) is 14.3. The van der Waals surface area contributed by atoms with Gasteiger partial charge in [-0.2, -0.15) is 0 Å². The zero-order valence-electron chi connectivity index (χ0n) is 12.8. The number of quaternary nitrogens is 1. The van der Waals surface area contributed by atoms with Crippen LogP contribution in [0.3, 0.4) is 0 Å². The van der Waals surface area contributed by atoms with Crippen LogP contribution in [0.1, 0.15) is 71.1 Å². The second kappa shape index (κ2) is 13.6. The van der Waals surface area contributed by atoms with E-state index < -0.39 is 0 Å². The summed E-state index contributed by atoms with van der Waals surface area (Å²) in [6, 6.07) is 0. The van der Waals surface area contributed by atoms with Crippen LogP contribution in [-0.2, 0) is 0 Å². The molecule has 0 heterocycles. The van der Waals surface area contributed by atoms with Crippen molar-refractivity contribution in [3.05, 3.63) is 0 Å². The molecule has 18 heavy (non-hydrogen) atoms. The Morgan fingerprint density at radius 2 is 1.11 bits per heavy atom. The van der Waals surface area contributed by atoms with E-state index in [1.807, 2.05) is 0 Å². The molecule has 112 valence electrons. The van der Waals surface area contributed by atoms with Crippen LogP contribution >= 0.6 is 0 Å². The monoisotopic (exact) mass is 279 g/mol. The van der Waals surface area contributed by atoms with E-state index in [0.717, 1.165) is 11.0 Å². The van der Waals surface area contributed by atoms with E-state index in [9.17, 15) is 0 Å². The molecule has 0 spiro atoms. The van der Waals surface area contributed by atoms with Gasteiger partial charge in [-0.15, -0.1) is 0 Å². The third-order valence-electron chi connectivity index (χ3n) is 3.50. The number of aliphatic hydroxyl groups is 1. The highest BCUT2D eigenvalue weighted by Crippen LogP contribution is 2.11. The van der Waals surface area contributed by atoms with Gasteiger partial charge in [0.05, 0.1) is 20.6 Å². The van der Waals surface area contributed by atoms with Gasteiger partial charge in [0.2, 0.25) is 0 Å². The predicted molar refractivity (Wildman–Crippen MR) is 75.9 cm³/mol. The minimum absolute atomic E-state index is 0. The Morgan fingerprint density at radius 1 is 0.722 bits per heavy atom. The molecule has 1 N–H and O–H groups in total. The van der Waals surface area contributed by atoms with E-state index in [0.29, 0.717) is 0 Å². The van der Waals surface area contributed by atoms with Crippen LogP contribution in [0.2, 0.25) is 0 Å². The Hall–Kier alpha value is 0.210. The van der Waals surface area contributed by atoms with Crippen molar-refractivity contribution in [1.82, 2.24) is 0 Å². The molecule has 0 amide bonds. The summed E-state index contributed by atoms with van der Waals surface area (Å²) < 4.78 is 0.747. The fraction of sp³-hybridized carbons (Fsp3) is 1.00. The van der Waals surface area contributed by atoms with E-state index in [1.54, 1.807) is 0 Å². The molecule has 0 fully saturated rings. The fourth-order valence-electron chi connectivity index (χ4n) is 2.10. The molecule has 0 rings (SSSR count). The average molecular weight is 280 g/mol. The molecule has 0 aliphatic rings. The van der Waals surface area contributed by atoms with Gasteiger partial charge in [-0.3, -0.25) is 0 Å². The summed E-state index contributed by atoms with van der Waals surface area (Å²) in [6.45, 7) is 3.64. The van der Waals surface area contributed by atoms with E-state index in [2.05, 4.69) is 21.0 Å². The van der Waals surface area contributed by atoms with Gasteiger partial charge in [0.15, 0.2) is 6.73 Å². The van der Waals surface area contributed by atoms with E-state index in [4.69, 9.17) is 5.11 Å². The average Bonchev–Trinajstić information content (AvgIpc) is 2.31. The Labute approximate surface area is 121 Å². The number of hydrogen-bond donors (Lipinski definition) is 1. The summed E-state index contributed by atoms with van der Waals surface area (Å²) in [4.78, 5) is 0. The Bertz CT molecular complexity index is 163. The first-order chi connectivity index (χ1) is 8.12. The van der Waals surface area contributed by atoms with E-state index in [1.165, 1.54) is 64.2 Å². The largest absolute Gasteiger partial charge is 1.00 e. The van der Waals surface area contributed by atoms with Crippen molar-refractivity contribution in [3.63, 3.8) is 0 Å². The first-order valence-corrected chi connectivity index (χ1v) is 7.55. The number of aliphatic hydroxyl groups excluding tert-OH is 1. The first kappa shape index (κ1) is 20.5. The zero-order chi connectivity index (χ0) is 13.0. The molecule has 0 aromatic heterocycles. The molecule has 0 aliphatic heterocycles. The van der Waals surface area contributed by atoms with Gasteiger partial charge in [0.1, 0.15) is 0 Å². The number of unbranched alkanes of at least 4 members (excludes halogenated alkanes) is 9. The second-order valence-corrected chi connectivity index (χ2v) is 5.98. The van der Waals surface area contributed by atoms with Crippen molar-refractivity contribution >= 4 is 0 Å². The molecular weight excluding hydrogens is 246 g/mol. The van der Waals surface area contributed by atoms with Crippen molar-refractivity contribution in [1.29, 1.82) is 0 Å². The van der Waals surface area contributed by atoms with Crippen LogP contribution < -0.4 is 12.4 Å². The molecule has 0 aromatic carbocycles. The standard InChI is InChI=1S/C15H34NO.ClH/c1-4-5-6-7-8-9-10-11-12-13-14-16(2,3)15-17;/h17H,4-15H2,1-3H3;1H/q+1;/p-1. The summed E-state index contributed by atoms with van der Waals surface area (Å²) >= 11 is 0. The number of hydrogen-bond acceptors (Lipinski definition) is 1. The minimum atomic E-state index is 0. The molecule has 0 atom stereocenters. The lowest BCUT2D eigenvalue weighted by molar-refractivity contribution is -0.909. The van der Waals surface area contributed by atoms with Gasteiger partial charge >= 0.3 is 0 Å². The quantitative estimate of drug-likeness (QED) is 0.320. The second-order valence-electron chi connectivity index (χ2n) is 5.98. The Kier molecular flexibility index (Phi) is 15.6. The van der Waals surface area contributed by atoms with Crippen LogP contribution in [0.15, 0.2) is 0 Å². The fourth-order valence-corrected chi connectivity index (χ4v) is 2.10. The Balaban J connectivity index is 0. The van der Waals surface area contributed by atoms with Gasteiger partial charge < -0.3 is 22.0 Å². The molecule has 0 unspecified atom stereocenters. The van der Waals surface area contributed by atoms with E-state index in [-0.39, 0.29) is 19.1 Å². The van der Waals surface area contributed by atoms with Crippen LogP contribution in [-0.4, -0.2) is 37.0 Å². The molecular formula is C15H34ClNO. The summed E-state index contributed by atoms with van der Waals surface area (Å²) in [7, 11) is 4.18. The van der Waals surface area contributed by atoms with Crippen molar-refractivity contribution in [2.45, 2.75) is 71.1 Å². The molecule has 2 nitrogen and oxygen atoms in total. The third-order valence-corrected chi connectivity index (χ3v) is 3.50. The van der Waals surface area contributed by atoms with E-state index >= 15 is 0 Å². The summed E-state index contributed by atoms with van der Waals surface area (Å²) in [5, 5.41) is 9.11. The molecule has 0 radical (unpaired) electrons. The molecule has 0 aliphatic carbocycles. The van der Waals surface area contributed by atoms with Crippen LogP contribution in [0, 0.1) is 0 Å². The van der Waals surface area contributed by atoms with Crippen LogP contribution in [0.4, 0.5) is 0 Å². The van der Waals surface area contributed by atoms with Gasteiger partial charge in [0, 0.05) is 0 Å². The highest BCUT2D eigenvalue weighted by atomic mass is 35.5. The highest BCUT2D eigenvalue weighted by molar-refractivity contribution is 4.47. The molecule has 0 saturated carbocycles. The lowest BCUT2D eigenvalue weighted by Gasteiger charge is -2.26. The lowest BCUT2D eigenvalue weighted by atomic mass is 10.1. The van der Waals surface area contributed by atoms with Crippen molar-refractivity contribution in [3.8, 4) is 0 Å². The maximum atomic E-state index is 9.11. The minimum Gasteiger partial charge on any atom is -1.00 e. The normalized spacial score (nSPS) is 11.3. The van der Waals surface area contributed by atoms with Gasteiger partial charge in [0.25, 0.3) is 0 Å². The molecule has 3 heteroatoms. The first-order valence-electron chi connectivity index (χ1n) is 7.55. The molecule has 0 bridgehead atoms. The van der Waals surface area contributed by atoms with Crippen molar-refractivity contribution in [2.24, 2.45) is 0 Å². The SMILES string of the molecule is CCCCCCCCCCCC[N+](C)(C)CO.[Cl-]. The molecule has 0 aromatic rings. The van der Waals surface area contributed by atoms with Gasteiger partial charge in [-0.1, -0.05) is 58.3 Å². The summed E-state index contributed by atoms with van der Waals surface area (Å²) in [5.74, 6) is 0. The van der Waals surface area contributed by atoms with Gasteiger partial charge in [-0.25, -0.2) is 0 Å². The smallest absolute Gasteiger partial charge is 0.179 e. The Morgan fingerprint density at radius 3 is 1.50 bits per heavy atom. The van der Waals surface area contributed by atoms with Crippen molar-refractivity contribution < 1.29 is 22.0 Å². The maximum absolute atomic E-state index is 9.11. The lowest BCUT2D eigenvalue weighted by Crippen LogP contribution is -3.00. The molecule has 0 saturated heterocycles. The van der Waals surface area contributed by atoms with Crippen LogP contribution in [0.25, 0.3) is 0 Å². The van der Waals surface area contributed by atoms with Gasteiger partial charge in [-0.05, 0) is 12.8 Å². The van der Waals surface area contributed by atoms with Crippen molar-refractivity contribution in [2.75, 3.05) is 27.4 Å². The predicted octanol–water partition coefficient (Wildman–Crippen LogP) is 0.938. The number of nitrogens with zero attached hydrogens (tertiary/aromatic N) is 1. The highest BCUT2D eigenvalue weighted by Gasteiger charge is 2.11.